The first-order valence-corrected chi connectivity index (χ1v) is 13.2. The molecule has 0 spiro atoms. The van der Waals surface area contributed by atoms with Gasteiger partial charge >= 0.3 is 0 Å². The molecule has 0 N–H and O–H groups in total. The van der Waals surface area contributed by atoms with E-state index in [9.17, 15) is 0 Å². The van der Waals surface area contributed by atoms with Gasteiger partial charge in [-0.05, 0) is 61.1 Å². The van der Waals surface area contributed by atoms with Crippen LogP contribution in [0.25, 0.3) is 22.3 Å². The van der Waals surface area contributed by atoms with Gasteiger partial charge in [-0.2, -0.15) is 0 Å². The molecule has 0 saturated heterocycles. The number of rotatable bonds is 16. The van der Waals surface area contributed by atoms with Gasteiger partial charge in [-0.15, -0.1) is 6.58 Å². The molecule has 0 fully saturated rings. The molecule has 0 aliphatic heterocycles. The third-order valence-electron chi connectivity index (χ3n) is 6.25. The quantitative estimate of drug-likeness (QED) is 0.146. The number of hydrogen-bond donors (Lipinski definition) is 0. The Kier molecular flexibility index (Phi) is 11.5. The van der Waals surface area contributed by atoms with Gasteiger partial charge < -0.3 is 9.47 Å². The lowest BCUT2D eigenvalue weighted by Gasteiger charge is -2.11. The fourth-order valence-electron chi connectivity index (χ4n) is 4.11. The molecule has 0 aromatic heterocycles. The van der Waals surface area contributed by atoms with Gasteiger partial charge in [0.25, 0.3) is 0 Å². The van der Waals surface area contributed by atoms with Gasteiger partial charge in [0.05, 0.1) is 13.2 Å². The lowest BCUT2D eigenvalue weighted by atomic mass is 9.98. The summed E-state index contributed by atoms with van der Waals surface area (Å²) in [6, 6.07) is 17.5. The van der Waals surface area contributed by atoms with Crippen LogP contribution in [0.5, 0.6) is 11.5 Å². The molecule has 192 valence electrons. The van der Waals surface area contributed by atoms with Crippen molar-refractivity contribution < 1.29 is 18.3 Å². The second kappa shape index (κ2) is 15.1. The molecule has 0 atom stereocenters. The van der Waals surface area contributed by atoms with E-state index < -0.39 is 11.6 Å². The largest absolute Gasteiger partial charge is 0.494 e. The van der Waals surface area contributed by atoms with Crippen LogP contribution in [0.4, 0.5) is 8.78 Å². The molecule has 0 aliphatic rings. The van der Waals surface area contributed by atoms with E-state index in [1.807, 2.05) is 18.2 Å². The van der Waals surface area contributed by atoms with E-state index in [4.69, 9.17) is 9.47 Å². The van der Waals surface area contributed by atoms with Gasteiger partial charge in [-0.25, -0.2) is 8.78 Å². The number of hydrogen-bond acceptors (Lipinski definition) is 2. The Balaban J connectivity index is 1.57. The highest BCUT2D eigenvalue weighted by Crippen LogP contribution is 2.33. The van der Waals surface area contributed by atoms with Crippen LogP contribution in [0.2, 0.25) is 0 Å². The molecule has 0 amide bonds. The molecule has 3 aromatic carbocycles. The molecular weight excluding hydrogens is 454 g/mol. The molecule has 3 aromatic rings. The summed E-state index contributed by atoms with van der Waals surface area (Å²) >= 11 is 0. The van der Waals surface area contributed by atoms with Crippen molar-refractivity contribution in [2.24, 2.45) is 0 Å². The lowest BCUT2D eigenvalue weighted by Crippen LogP contribution is -1.98. The summed E-state index contributed by atoms with van der Waals surface area (Å²) in [5, 5.41) is 0. The van der Waals surface area contributed by atoms with Crippen molar-refractivity contribution in [1.82, 2.24) is 0 Å². The number of unbranched alkanes of at least 4 members (excludes halogenated alkanes) is 7. The maximum absolute atomic E-state index is 15.0. The average Bonchev–Trinajstić information content (AvgIpc) is 2.90. The minimum Gasteiger partial charge on any atom is -0.494 e. The number of halogens is 2. The Hall–Kier alpha value is -3.14. The van der Waals surface area contributed by atoms with Crippen molar-refractivity contribution in [3.8, 4) is 33.8 Å². The Bertz CT molecular complexity index is 1060. The Morgan fingerprint density at radius 1 is 0.611 bits per heavy atom. The minimum absolute atomic E-state index is 0.229. The summed E-state index contributed by atoms with van der Waals surface area (Å²) in [5.74, 6) is -0.244. The third kappa shape index (κ3) is 8.22. The smallest absolute Gasteiger partial charge is 0.167 e. The van der Waals surface area contributed by atoms with Crippen LogP contribution in [-0.4, -0.2) is 13.2 Å². The van der Waals surface area contributed by atoms with Crippen LogP contribution in [0.1, 0.15) is 64.7 Å². The molecule has 0 saturated carbocycles. The Morgan fingerprint density at radius 2 is 1.06 bits per heavy atom. The average molecular weight is 493 g/mol. The van der Waals surface area contributed by atoms with Gasteiger partial charge in [0.1, 0.15) is 11.5 Å². The number of benzene rings is 3. The van der Waals surface area contributed by atoms with Crippen molar-refractivity contribution in [2.75, 3.05) is 13.2 Å². The summed E-state index contributed by atoms with van der Waals surface area (Å²) in [6.45, 7) is 7.21. The van der Waals surface area contributed by atoms with Crippen molar-refractivity contribution in [3.63, 3.8) is 0 Å². The Morgan fingerprint density at radius 3 is 1.53 bits per heavy atom. The van der Waals surface area contributed by atoms with Crippen LogP contribution in [-0.2, 0) is 0 Å². The van der Waals surface area contributed by atoms with Crippen LogP contribution in [0.15, 0.2) is 73.3 Å². The SMILES string of the molecule is C=CCCCCOc1ccc(-c2ccc(-c3ccc(OCCCCCCCC)cc3)c(F)c2F)cc1. The summed E-state index contributed by atoms with van der Waals surface area (Å²) in [7, 11) is 0. The second-order valence-corrected chi connectivity index (χ2v) is 9.09. The summed E-state index contributed by atoms with van der Waals surface area (Å²) in [6.07, 6.45) is 12.1. The highest BCUT2D eigenvalue weighted by atomic mass is 19.2. The number of ether oxygens (including phenoxy) is 2. The van der Waals surface area contributed by atoms with Crippen molar-refractivity contribution >= 4 is 0 Å². The van der Waals surface area contributed by atoms with Crippen LogP contribution < -0.4 is 9.47 Å². The van der Waals surface area contributed by atoms with Gasteiger partial charge in [0.2, 0.25) is 0 Å². The predicted octanol–water partition coefficient (Wildman–Crippen LogP) is 9.77. The van der Waals surface area contributed by atoms with E-state index >= 15 is 8.78 Å². The molecule has 0 radical (unpaired) electrons. The Labute approximate surface area is 215 Å². The second-order valence-electron chi connectivity index (χ2n) is 9.09. The predicted molar refractivity (Wildman–Crippen MR) is 146 cm³/mol. The maximum atomic E-state index is 15.0. The maximum Gasteiger partial charge on any atom is 0.167 e. The van der Waals surface area contributed by atoms with Crippen molar-refractivity contribution in [2.45, 2.75) is 64.7 Å². The summed E-state index contributed by atoms with van der Waals surface area (Å²) < 4.78 is 41.6. The van der Waals surface area contributed by atoms with E-state index in [0.717, 1.165) is 31.4 Å². The molecule has 4 heteroatoms. The lowest BCUT2D eigenvalue weighted by molar-refractivity contribution is 0.304. The van der Waals surface area contributed by atoms with E-state index in [1.54, 1.807) is 48.5 Å². The zero-order valence-electron chi connectivity index (χ0n) is 21.4. The molecule has 0 bridgehead atoms. The molecule has 2 nitrogen and oxygen atoms in total. The van der Waals surface area contributed by atoms with E-state index in [1.165, 1.54) is 32.1 Å². The van der Waals surface area contributed by atoms with Crippen molar-refractivity contribution in [3.05, 3.63) is 85.0 Å². The fraction of sp³-hybridized carbons (Fsp3) is 0.375. The topological polar surface area (TPSA) is 18.5 Å². The third-order valence-corrected chi connectivity index (χ3v) is 6.25. The molecule has 0 unspecified atom stereocenters. The van der Waals surface area contributed by atoms with Gasteiger partial charge in [-0.1, -0.05) is 81.5 Å². The first-order chi connectivity index (χ1) is 17.6. The van der Waals surface area contributed by atoms with E-state index in [0.29, 0.717) is 30.1 Å². The summed E-state index contributed by atoms with van der Waals surface area (Å²) in [4.78, 5) is 0. The van der Waals surface area contributed by atoms with Gasteiger partial charge in [-0.3, -0.25) is 0 Å². The fourth-order valence-corrected chi connectivity index (χ4v) is 4.11. The van der Waals surface area contributed by atoms with Gasteiger partial charge in [0.15, 0.2) is 11.6 Å². The standard InChI is InChI=1S/C32H38F2O2/c1-3-5-7-9-10-12-24-36-28-19-15-26(16-20-28)30-22-21-29(31(33)32(30)34)25-13-17-27(18-14-25)35-23-11-8-6-4-2/h4,13-22H,2-3,5-12,23-24H2,1H3. The van der Waals surface area contributed by atoms with Crippen LogP contribution >= 0.6 is 0 Å². The number of allylic oxidation sites excluding steroid dienone is 1. The van der Waals surface area contributed by atoms with E-state index in [2.05, 4.69) is 13.5 Å². The van der Waals surface area contributed by atoms with Gasteiger partial charge in [0, 0.05) is 11.1 Å². The molecular formula is C32H38F2O2. The zero-order chi connectivity index (χ0) is 25.6. The minimum atomic E-state index is -0.853. The first-order valence-electron chi connectivity index (χ1n) is 13.2. The first kappa shape index (κ1) is 27.4. The van der Waals surface area contributed by atoms with Crippen molar-refractivity contribution in [1.29, 1.82) is 0 Å². The molecule has 36 heavy (non-hydrogen) atoms. The summed E-state index contributed by atoms with van der Waals surface area (Å²) in [5.41, 5.74) is 1.69. The van der Waals surface area contributed by atoms with Crippen LogP contribution in [0.3, 0.4) is 0 Å². The van der Waals surface area contributed by atoms with Crippen LogP contribution in [0, 0.1) is 11.6 Å². The zero-order valence-corrected chi connectivity index (χ0v) is 21.4. The van der Waals surface area contributed by atoms with E-state index in [-0.39, 0.29) is 11.1 Å². The monoisotopic (exact) mass is 492 g/mol. The normalized spacial score (nSPS) is 10.9. The molecule has 3 rings (SSSR count). The highest BCUT2D eigenvalue weighted by Gasteiger charge is 2.16. The molecule has 0 aliphatic carbocycles. The molecule has 0 heterocycles. The highest BCUT2D eigenvalue weighted by molar-refractivity contribution is 5.72.